The molecule has 0 amide bonds. The smallest absolute Gasteiger partial charge is 0.191 e. The molecule has 0 spiro atoms. The Kier molecular flexibility index (Phi) is 9.72. The number of aromatic nitrogens is 2. The number of hydrogen-bond donors (Lipinski definition) is 3. The third-order valence-corrected chi connectivity index (χ3v) is 5.34. The van der Waals surface area contributed by atoms with Crippen molar-refractivity contribution in [3.05, 3.63) is 51.8 Å². The lowest BCUT2D eigenvalue weighted by atomic mass is 9.85. The molecule has 3 N–H and O–H groups in total. The fourth-order valence-electron chi connectivity index (χ4n) is 2.68. The maximum Gasteiger partial charge on any atom is 0.191 e. The Morgan fingerprint density at radius 3 is 2.41 bits per heavy atom. The standard InChI is InChI=1S/C20H29Cl2N5O.HI/c1-6-23-18(25-13-20(4,28)15-10-26-27(5)11-15)24-12-19(2,3)14-7-8-16(21)17(22)9-14;/h7-11,28H,6,12-13H2,1-5H3,(H2,23,24,25);1H. The molecule has 1 aromatic carbocycles. The second-order valence-corrected chi connectivity index (χ2v) is 8.55. The zero-order valence-electron chi connectivity index (χ0n) is 17.5. The highest BCUT2D eigenvalue weighted by atomic mass is 127. The average Bonchev–Trinajstić information content (AvgIpc) is 3.07. The minimum Gasteiger partial charge on any atom is -0.383 e. The lowest BCUT2D eigenvalue weighted by molar-refractivity contribution is 0.0616. The molecule has 1 heterocycles. The number of guanidine groups is 1. The average molecular weight is 554 g/mol. The van der Waals surface area contributed by atoms with Crippen LogP contribution in [0.2, 0.25) is 10.0 Å². The summed E-state index contributed by atoms with van der Waals surface area (Å²) in [5, 5.41) is 22.4. The molecule has 1 atom stereocenters. The molecule has 2 aromatic rings. The fourth-order valence-corrected chi connectivity index (χ4v) is 2.98. The zero-order chi connectivity index (χ0) is 20.9. The second-order valence-electron chi connectivity index (χ2n) is 7.74. The first-order chi connectivity index (χ1) is 13.0. The number of rotatable bonds is 7. The van der Waals surface area contributed by atoms with Gasteiger partial charge in [-0.25, -0.2) is 0 Å². The summed E-state index contributed by atoms with van der Waals surface area (Å²) in [6, 6.07) is 5.66. The van der Waals surface area contributed by atoms with Gasteiger partial charge in [0.2, 0.25) is 0 Å². The van der Waals surface area contributed by atoms with Gasteiger partial charge in [-0.15, -0.1) is 24.0 Å². The number of halogens is 3. The highest BCUT2D eigenvalue weighted by Gasteiger charge is 2.26. The molecular formula is C20H30Cl2IN5O. The molecule has 0 bridgehead atoms. The number of benzene rings is 1. The summed E-state index contributed by atoms with van der Waals surface area (Å²) in [4.78, 5) is 4.70. The largest absolute Gasteiger partial charge is 0.383 e. The summed E-state index contributed by atoms with van der Waals surface area (Å²) in [6.07, 6.45) is 3.47. The van der Waals surface area contributed by atoms with Crippen LogP contribution in [-0.4, -0.2) is 40.5 Å². The lowest BCUT2D eigenvalue weighted by Crippen LogP contribution is -2.45. The number of nitrogens with one attached hydrogen (secondary N) is 2. The van der Waals surface area contributed by atoms with E-state index >= 15 is 0 Å². The molecular weight excluding hydrogens is 524 g/mol. The Morgan fingerprint density at radius 2 is 1.86 bits per heavy atom. The van der Waals surface area contributed by atoms with Crippen LogP contribution in [0.15, 0.2) is 35.6 Å². The van der Waals surface area contributed by atoms with E-state index in [1.54, 1.807) is 30.1 Å². The third kappa shape index (κ3) is 7.31. The van der Waals surface area contributed by atoms with Gasteiger partial charge in [-0.2, -0.15) is 5.10 Å². The van der Waals surface area contributed by atoms with Crippen LogP contribution in [0.5, 0.6) is 0 Å². The summed E-state index contributed by atoms with van der Waals surface area (Å²) >= 11 is 12.2. The van der Waals surface area contributed by atoms with Crippen molar-refractivity contribution in [1.29, 1.82) is 0 Å². The van der Waals surface area contributed by atoms with Crippen molar-refractivity contribution in [1.82, 2.24) is 20.4 Å². The predicted octanol–water partition coefficient (Wildman–Crippen LogP) is 4.09. The highest BCUT2D eigenvalue weighted by molar-refractivity contribution is 14.0. The molecule has 29 heavy (non-hydrogen) atoms. The molecule has 0 saturated heterocycles. The van der Waals surface area contributed by atoms with Crippen molar-refractivity contribution in [2.45, 2.75) is 38.7 Å². The lowest BCUT2D eigenvalue weighted by Gasteiger charge is -2.26. The van der Waals surface area contributed by atoms with E-state index in [9.17, 15) is 5.11 Å². The van der Waals surface area contributed by atoms with Crippen LogP contribution < -0.4 is 10.6 Å². The Balaban J connectivity index is 0.00000420. The molecule has 0 fully saturated rings. The maximum atomic E-state index is 10.8. The number of aliphatic hydroxyl groups is 1. The van der Waals surface area contributed by atoms with E-state index in [1.807, 2.05) is 26.1 Å². The van der Waals surface area contributed by atoms with Crippen molar-refractivity contribution in [2.75, 3.05) is 19.6 Å². The normalized spacial score (nSPS) is 14.1. The molecule has 0 radical (unpaired) electrons. The first-order valence-electron chi connectivity index (χ1n) is 9.24. The van der Waals surface area contributed by atoms with Gasteiger partial charge in [0.25, 0.3) is 0 Å². The van der Waals surface area contributed by atoms with Crippen LogP contribution in [0.25, 0.3) is 0 Å². The van der Waals surface area contributed by atoms with Gasteiger partial charge in [0.1, 0.15) is 5.60 Å². The number of hydrogen-bond acceptors (Lipinski definition) is 3. The van der Waals surface area contributed by atoms with E-state index in [-0.39, 0.29) is 29.4 Å². The van der Waals surface area contributed by atoms with E-state index in [2.05, 4.69) is 29.6 Å². The van der Waals surface area contributed by atoms with Crippen molar-refractivity contribution >= 4 is 53.1 Å². The van der Waals surface area contributed by atoms with Gasteiger partial charge >= 0.3 is 0 Å². The minimum absolute atomic E-state index is 0. The molecule has 0 saturated carbocycles. The van der Waals surface area contributed by atoms with E-state index in [0.717, 1.165) is 11.1 Å². The minimum atomic E-state index is -1.07. The van der Waals surface area contributed by atoms with Crippen molar-refractivity contribution in [3.63, 3.8) is 0 Å². The second kappa shape index (κ2) is 10.8. The quantitative estimate of drug-likeness (QED) is 0.274. The molecule has 9 heteroatoms. The van der Waals surface area contributed by atoms with E-state index in [1.165, 1.54) is 0 Å². The van der Waals surface area contributed by atoms with Crippen LogP contribution in [0.4, 0.5) is 0 Å². The van der Waals surface area contributed by atoms with Crippen LogP contribution in [0.1, 0.15) is 38.8 Å². The molecule has 1 aromatic heterocycles. The van der Waals surface area contributed by atoms with Gasteiger partial charge < -0.3 is 15.7 Å². The maximum absolute atomic E-state index is 10.8. The van der Waals surface area contributed by atoms with Gasteiger partial charge in [0, 0.05) is 30.8 Å². The molecule has 6 nitrogen and oxygen atoms in total. The van der Waals surface area contributed by atoms with Crippen molar-refractivity contribution in [2.24, 2.45) is 12.0 Å². The van der Waals surface area contributed by atoms with Crippen LogP contribution in [0, 0.1) is 0 Å². The van der Waals surface area contributed by atoms with Crippen molar-refractivity contribution in [3.8, 4) is 0 Å². The Hall–Kier alpha value is -1.03. The van der Waals surface area contributed by atoms with Crippen LogP contribution >= 0.6 is 47.2 Å². The highest BCUT2D eigenvalue weighted by Crippen LogP contribution is 2.30. The summed E-state index contributed by atoms with van der Waals surface area (Å²) in [5.74, 6) is 0.639. The van der Waals surface area contributed by atoms with E-state index < -0.39 is 5.60 Å². The van der Waals surface area contributed by atoms with Gasteiger partial charge in [-0.05, 0) is 31.5 Å². The zero-order valence-corrected chi connectivity index (χ0v) is 21.3. The summed E-state index contributed by atoms with van der Waals surface area (Å²) < 4.78 is 1.67. The first kappa shape index (κ1) is 26.0. The predicted molar refractivity (Wildman–Crippen MR) is 132 cm³/mol. The van der Waals surface area contributed by atoms with Gasteiger partial charge in [-0.1, -0.05) is 43.1 Å². The van der Waals surface area contributed by atoms with E-state index in [0.29, 0.717) is 35.6 Å². The monoisotopic (exact) mass is 553 g/mol. The molecule has 162 valence electrons. The fraction of sp³-hybridized carbons (Fsp3) is 0.500. The topological polar surface area (TPSA) is 74.5 Å². The van der Waals surface area contributed by atoms with Gasteiger partial charge in [-0.3, -0.25) is 9.67 Å². The Labute approximate surface area is 200 Å². The Morgan fingerprint density at radius 1 is 1.17 bits per heavy atom. The first-order valence-corrected chi connectivity index (χ1v) is 10.00. The van der Waals surface area contributed by atoms with E-state index in [4.69, 9.17) is 28.2 Å². The SMILES string of the molecule is CCNC(=NCC(C)(C)c1ccc(Cl)c(Cl)c1)NCC(C)(O)c1cnn(C)c1.I. The number of aryl methyl sites for hydroxylation is 1. The molecule has 0 aliphatic heterocycles. The summed E-state index contributed by atoms with van der Waals surface area (Å²) in [6.45, 7) is 9.51. The number of nitrogens with zero attached hydrogens (tertiary/aromatic N) is 3. The molecule has 0 aliphatic rings. The Bertz CT molecular complexity index is 836. The molecule has 2 rings (SSSR count). The van der Waals surface area contributed by atoms with Gasteiger partial charge in [0.15, 0.2) is 5.96 Å². The number of aliphatic imine (C=N–C) groups is 1. The third-order valence-electron chi connectivity index (χ3n) is 4.60. The molecule has 1 unspecified atom stereocenters. The van der Waals surface area contributed by atoms with Gasteiger partial charge in [0.05, 0.1) is 29.3 Å². The van der Waals surface area contributed by atoms with Crippen LogP contribution in [-0.2, 0) is 18.1 Å². The summed E-state index contributed by atoms with van der Waals surface area (Å²) in [7, 11) is 1.82. The molecule has 0 aliphatic carbocycles. The van der Waals surface area contributed by atoms with Crippen molar-refractivity contribution < 1.29 is 5.11 Å². The van der Waals surface area contributed by atoms with Crippen LogP contribution in [0.3, 0.4) is 0 Å². The summed E-state index contributed by atoms with van der Waals surface area (Å²) in [5.41, 5.74) is 0.505.